The van der Waals surface area contributed by atoms with Gasteiger partial charge in [0, 0.05) is 12.8 Å². The average molecular weight is 263 g/mol. The van der Waals surface area contributed by atoms with Crippen molar-refractivity contribution >= 4 is 22.8 Å². The molecule has 2 rings (SSSR count). The first-order valence-electron chi connectivity index (χ1n) is 6.40. The van der Waals surface area contributed by atoms with Gasteiger partial charge >= 0.3 is 0 Å². The monoisotopic (exact) mass is 263 g/mol. The Hall–Kier alpha value is -1.00. The summed E-state index contributed by atoms with van der Waals surface area (Å²) >= 11 is 1.82. The normalized spacial score (nSPS) is 11.3. The maximum absolute atomic E-state index is 5.50. The van der Waals surface area contributed by atoms with Gasteiger partial charge in [0.05, 0.1) is 11.0 Å². The predicted molar refractivity (Wildman–Crippen MR) is 79.2 cm³/mol. The minimum Gasteiger partial charge on any atom is -0.330 e. The fraction of sp³-hybridized carbons (Fsp3) is 0.500. The van der Waals surface area contributed by atoms with E-state index in [0.29, 0.717) is 0 Å². The number of hydrogen-bond acceptors (Lipinski definition) is 3. The van der Waals surface area contributed by atoms with Gasteiger partial charge in [-0.25, -0.2) is 4.98 Å². The zero-order valence-corrected chi connectivity index (χ0v) is 12.2. The minimum atomic E-state index is 0.779. The fourth-order valence-electron chi connectivity index (χ4n) is 1.96. The Balaban J connectivity index is 2.22. The summed E-state index contributed by atoms with van der Waals surface area (Å²) in [4.78, 5) is 4.71. The van der Waals surface area contributed by atoms with E-state index in [-0.39, 0.29) is 0 Å². The van der Waals surface area contributed by atoms with E-state index in [9.17, 15) is 0 Å². The summed E-state index contributed by atoms with van der Waals surface area (Å²) < 4.78 is 2.19. The minimum absolute atomic E-state index is 0.779. The highest BCUT2D eigenvalue weighted by atomic mass is 32.2. The van der Waals surface area contributed by atoms with Crippen LogP contribution in [0, 0.1) is 13.8 Å². The summed E-state index contributed by atoms with van der Waals surface area (Å²) in [6, 6.07) is 4.40. The molecule has 3 nitrogen and oxygen atoms in total. The van der Waals surface area contributed by atoms with Crippen molar-refractivity contribution in [1.29, 1.82) is 0 Å². The molecule has 1 heterocycles. The van der Waals surface area contributed by atoms with Crippen LogP contribution in [0.2, 0.25) is 0 Å². The van der Waals surface area contributed by atoms with Crippen molar-refractivity contribution in [2.45, 2.75) is 31.8 Å². The van der Waals surface area contributed by atoms with Crippen LogP contribution in [0.15, 0.2) is 17.3 Å². The molecule has 98 valence electrons. The van der Waals surface area contributed by atoms with Crippen molar-refractivity contribution in [1.82, 2.24) is 9.55 Å². The summed E-state index contributed by atoms with van der Waals surface area (Å²) in [5.41, 5.74) is 10.5. The van der Waals surface area contributed by atoms with E-state index in [1.807, 2.05) is 11.8 Å². The maximum atomic E-state index is 5.50. The molecule has 0 aliphatic rings. The Kier molecular flexibility index (Phi) is 4.30. The van der Waals surface area contributed by atoms with Gasteiger partial charge in [0.2, 0.25) is 0 Å². The number of aryl methyl sites for hydroxylation is 3. The average Bonchev–Trinajstić information content (AvgIpc) is 2.63. The van der Waals surface area contributed by atoms with Crippen LogP contribution in [0.25, 0.3) is 11.0 Å². The molecule has 0 spiro atoms. The molecule has 0 unspecified atom stereocenters. The molecule has 0 aliphatic heterocycles. The van der Waals surface area contributed by atoms with Crippen LogP contribution >= 0.6 is 11.8 Å². The van der Waals surface area contributed by atoms with Gasteiger partial charge in [0.25, 0.3) is 0 Å². The third kappa shape index (κ3) is 2.70. The lowest BCUT2D eigenvalue weighted by Gasteiger charge is -2.03. The van der Waals surface area contributed by atoms with Crippen LogP contribution in [0.3, 0.4) is 0 Å². The first-order chi connectivity index (χ1) is 8.63. The Morgan fingerprint density at radius 2 is 1.94 bits per heavy atom. The lowest BCUT2D eigenvalue weighted by Crippen LogP contribution is -1.99. The summed E-state index contributed by atoms with van der Waals surface area (Å²) in [7, 11) is 2.09. The largest absolute Gasteiger partial charge is 0.330 e. The lowest BCUT2D eigenvalue weighted by atomic mass is 10.1. The van der Waals surface area contributed by atoms with E-state index in [1.165, 1.54) is 16.6 Å². The smallest absolute Gasteiger partial charge is 0.168 e. The van der Waals surface area contributed by atoms with E-state index in [0.717, 1.165) is 35.8 Å². The number of thioether (sulfide) groups is 1. The standard InChI is InChI=1S/C14H21N3S/c1-10-8-12-13(9-11(10)2)17(3)14(16-12)18-7-5-4-6-15/h8-9H,4-7,15H2,1-3H3. The van der Waals surface area contributed by atoms with Gasteiger partial charge in [-0.15, -0.1) is 0 Å². The van der Waals surface area contributed by atoms with Gasteiger partial charge < -0.3 is 10.3 Å². The number of nitrogens with zero attached hydrogens (tertiary/aromatic N) is 2. The van der Waals surface area contributed by atoms with Gasteiger partial charge in [-0.3, -0.25) is 0 Å². The van der Waals surface area contributed by atoms with Gasteiger partial charge in [0.1, 0.15) is 0 Å². The number of benzene rings is 1. The molecular weight excluding hydrogens is 242 g/mol. The van der Waals surface area contributed by atoms with Crippen LogP contribution in [-0.2, 0) is 7.05 Å². The number of unbranched alkanes of at least 4 members (excludes halogenated alkanes) is 1. The molecule has 4 heteroatoms. The SMILES string of the molecule is Cc1cc2nc(SCCCCN)n(C)c2cc1C. The zero-order chi connectivity index (χ0) is 13.1. The number of aromatic nitrogens is 2. The van der Waals surface area contributed by atoms with E-state index in [1.54, 1.807) is 0 Å². The van der Waals surface area contributed by atoms with Crippen molar-refractivity contribution in [2.24, 2.45) is 12.8 Å². The second kappa shape index (κ2) is 5.76. The zero-order valence-electron chi connectivity index (χ0n) is 11.4. The number of nitrogens with two attached hydrogens (primary N) is 1. The van der Waals surface area contributed by atoms with Crippen molar-refractivity contribution in [3.05, 3.63) is 23.3 Å². The molecule has 0 fully saturated rings. The molecule has 1 aromatic heterocycles. The first-order valence-corrected chi connectivity index (χ1v) is 7.38. The topological polar surface area (TPSA) is 43.8 Å². The van der Waals surface area contributed by atoms with Crippen molar-refractivity contribution in [3.8, 4) is 0 Å². The van der Waals surface area contributed by atoms with E-state index < -0.39 is 0 Å². The molecule has 0 radical (unpaired) electrons. The highest BCUT2D eigenvalue weighted by Gasteiger charge is 2.09. The third-order valence-electron chi connectivity index (χ3n) is 3.28. The number of imidazole rings is 1. The molecule has 2 N–H and O–H groups in total. The van der Waals surface area contributed by atoms with E-state index in [4.69, 9.17) is 10.7 Å². The first kappa shape index (κ1) is 13.4. The van der Waals surface area contributed by atoms with Gasteiger partial charge in [-0.05, 0) is 56.5 Å². The quantitative estimate of drug-likeness (QED) is 0.666. The Bertz CT molecular complexity index is 545. The lowest BCUT2D eigenvalue weighted by molar-refractivity contribution is 0.796. The molecule has 0 atom stereocenters. The molecule has 1 aromatic carbocycles. The number of hydrogen-bond donors (Lipinski definition) is 1. The molecule has 2 aromatic rings. The highest BCUT2D eigenvalue weighted by Crippen LogP contribution is 2.25. The van der Waals surface area contributed by atoms with Crippen molar-refractivity contribution in [3.63, 3.8) is 0 Å². The molecular formula is C14H21N3S. The van der Waals surface area contributed by atoms with Crippen molar-refractivity contribution in [2.75, 3.05) is 12.3 Å². The molecule has 0 amide bonds. The number of fused-ring (bicyclic) bond motifs is 1. The molecule has 0 bridgehead atoms. The van der Waals surface area contributed by atoms with E-state index in [2.05, 4.69) is 37.6 Å². The van der Waals surface area contributed by atoms with Crippen LogP contribution in [0.4, 0.5) is 0 Å². The summed E-state index contributed by atoms with van der Waals surface area (Å²) in [5, 5.41) is 1.10. The summed E-state index contributed by atoms with van der Waals surface area (Å²) in [6.07, 6.45) is 2.25. The Labute approximate surface area is 113 Å². The van der Waals surface area contributed by atoms with E-state index >= 15 is 0 Å². The van der Waals surface area contributed by atoms with Crippen LogP contribution < -0.4 is 5.73 Å². The fourth-order valence-corrected chi connectivity index (χ4v) is 2.95. The van der Waals surface area contributed by atoms with Crippen molar-refractivity contribution < 1.29 is 0 Å². The molecule has 0 saturated carbocycles. The van der Waals surface area contributed by atoms with Gasteiger partial charge in [0.15, 0.2) is 5.16 Å². The Morgan fingerprint density at radius 3 is 2.67 bits per heavy atom. The third-order valence-corrected chi connectivity index (χ3v) is 4.40. The maximum Gasteiger partial charge on any atom is 0.168 e. The van der Waals surface area contributed by atoms with Crippen LogP contribution in [0.1, 0.15) is 24.0 Å². The van der Waals surface area contributed by atoms with Gasteiger partial charge in [-0.2, -0.15) is 0 Å². The second-order valence-corrected chi connectivity index (χ2v) is 5.78. The van der Waals surface area contributed by atoms with Gasteiger partial charge in [-0.1, -0.05) is 11.8 Å². The molecule has 0 aliphatic carbocycles. The second-order valence-electron chi connectivity index (χ2n) is 4.72. The summed E-state index contributed by atoms with van der Waals surface area (Å²) in [6.45, 7) is 5.06. The summed E-state index contributed by atoms with van der Waals surface area (Å²) in [5.74, 6) is 1.09. The molecule has 18 heavy (non-hydrogen) atoms. The number of rotatable bonds is 5. The highest BCUT2D eigenvalue weighted by molar-refractivity contribution is 7.99. The van der Waals surface area contributed by atoms with Crippen LogP contribution in [0.5, 0.6) is 0 Å². The molecule has 0 saturated heterocycles. The Morgan fingerprint density at radius 1 is 1.22 bits per heavy atom. The van der Waals surface area contributed by atoms with Crippen LogP contribution in [-0.4, -0.2) is 21.8 Å². The predicted octanol–water partition coefficient (Wildman–Crippen LogP) is 3.02.